The van der Waals surface area contributed by atoms with Gasteiger partial charge in [0, 0.05) is 56.6 Å². The molecule has 2 aliphatic heterocycles. The van der Waals surface area contributed by atoms with Crippen LogP contribution in [0, 0.1) is 6.92 Å². The van der Waals surface area contributed by atoms with Crippen LogP contribution in [0.3, 0.4) is 0 Å². The van der Waals surface area contributed by atoms with E-state index in [4.69, 9.17) is 9.72 Å². The van der Waals surface area contributed by atoms with Crippen LogP contribution in [0.4, 0.5) is 11.8 Å². The smallest absolute Gasteiger partial charge is 0.253 e. The van der Waals surface area contributed by atoms with E-state index in [1.165, 1.54) is 5.56 Å². The van der Waals surface area contributed by atoms with Gasteiger partial charge in [0.1, 0.15) is 5.82 Å². The fraction of sp³-hybridized carbons (Fsp3) is 0.542. The zero-order chi connectivity index (χ0) is 22.0. The molecule has 0 N–H and O–H groups in total. The second kappa shape index (κ2) is 8.83. The fourth-order valence-corrected chi connectivity index (χ4v) is 4.04. The molecule has 0 bridgehead atoms. The van der Waals surface area contributed by atoms with Crippen LogP contribution in [0.1, 0.15) is 42.4 Å². The van der Waals surface area contributed by atoms with E-state index in [1.807, 2.05) is 30.0 Å². The van der Waals surface area contributed by atoms with E-state index in [0.29, 0.717) is 26.3 Å². The summed E-state index contributed by atoms with van der Waals surface area (Å²) in [7, 11) is 0. The lowest BCUT2D eigenvalue weighted by atomic mass is 9.86. The first-order valence-corrected chi connectivity index (χ1v) is 11.1. The molecule has 2 fully saturated rings. The van der Waals surface area contributed by atoms with Gasteiger partial charge in [-0.3, -0.25) is 4.79 Å². The molecular formula is C24H33N5O2. The Bertz CT molecular complexity index is 909. The van der Waals surface area contributed by atoms with Crippen molar-refractivity contribution in [2.24, 2.45) is 0 Å². The maximum Gasteiger partial charge on any atom is 0.253 e. The van der Waals surface area contributed by atoms with Gasteiger partial charge in [-0.15, -0.1) is 0 Å². The van der Waals surface area contributed by atoms with Crippen LogP contribution in [0.25, 0.3) is 0 Å². The van der Waals surface area contributed by atoms with Crippen molar-refractivity contribution in [2.45, 2.75) is 33.1 Å². The van der Waals surface area contributed by atoms with Gasteiger partial charge in [-0.25, -0.2) is 4.98 Å². The van der Waals surface area contributed by atoms with Crippen LogP contribution < -0.4 is 9.80 Å². The molecule has 1 amide bonds. The first-order valence-electron chi connectivity index (χ1n) is 11.1. The van der Waals surface area contributed by atoms with Gasteiger partial charge in [-0.2, -0.15) is 4.98 Å². The van der Waals surface area contributed by atoms with E-state index in [0.717, 1.165) is 49.2 Å². The molecule has 7 nitrogen and oxygen atoms in total. The number of aryl methyl sites for hydroxylation is 1. The molecule has 0 radical (unpaired) electrons. The summed E-state index contributed by atoms with van der Waals surface area (Å²) in [6, 6.07) is 10.1. The normalized spacial score (nSPS) is 17.7. The van der Waals surface area contributed by atoms with Gasteiger partial charge in [0.05, 0.1) is 13.2 Å². The van der Waals surface area contributed by atoms with Crippen molar-refractivity contribution in [3.05, 3.63) is 47.2 Å². The minimum Gasteiger partial charge on any atom is -0.378 e. The molecule has 4 rings (SSSR count). The number of anilines is 2. The number of rotatable bonds is 3. The number of hydrogen-bond donors (Lipinski definition) is 0. The number of amides is 1. The van der Waals surface area contributed by atoms with Crippen molar-refractivity contribution in [1.29, 1.82) is 0 Å². The Labute approximate surface area is 185 Å². The highest BCUT2D eigenvalue weighted by Crippen LogP contribution is 2.23. The van der Waals surface area contributed by atoms with Gasteiger partial charge in [-0.1, -0.05) is 32.9 Å². The number of ether oxygens (including phenoxy) is 1. The maximum absolute atomic E-state index is 13.0. The number of carbonyl (C=O) groups excluding carboxylic acids is 1. The van der Waals surface area contributed by atoms with Crippen LogP contribution >= 0.6 is 0 Å². The van der Waals surface area contributed by atoms with Crippen molar-refractivity contribution in [2.75, 3.05) is 62.3 Å². The zero-order valence-corrected chi connectivity index (χ0v) is 19.1. The number of nitrogens with zero attached hydrogens (tertiary/aromatic N) is 5. The highest BCUT2D eigenvalue weighted by atomic mass is 16.5. The summed E-state index contributed by atoms with van der Waals surface area (Å²) in [5.41, 5.74) is 3.05. The summed E-state index contributed by atoms with van der Waals surface area (Å²) >= 11 is 0. The molecule has 31 heavy (non-hydrogen) atoms. The Morgan fingerprint density at radius 1 is 0.903 bits per heavy atom. The predicted octanol–water partition coefficient (Wildman–Crippen LogP) is 2.88. The number of benzene rings is 1. The summed E-state index contributed by atoms with van der Waals surface area (Å²) in [5.74, 6) is 1.82. The lowest BCUT2D eigenvalue weighted by Crippen LogP contribution is -2.49. The van der Waals surface area contributed by atoms with Crippen LogP contribution in [0.2, 0.25) is 0 Å². The first-order chi connectivity index (χ1) is 14.8. The first kappa shape index (κ1) is 21.6. The minimum absolute atomic E-state index is 0.0863. The summed E-state index contributed by atoms with van der Waals surface area (Å²) in [5, 5.41) is 0. The number of aromatic nitrogens is 2. The van der Waals surface area contributed by atoms with Gasteiger partial charge in [0.15, 0.2) is 0 Å². The van der Waals surface area contributed by atoms with Crippen molar-refractivity contribution in [1.82, 2.24) is 14.9 Å². The molecule has 2 aliphatic rings. The van der Waals surface area contributed by atoms with Crippen LogP contribution in [0.15, 0.2) is 30.3 Å². The van der Waals surface area contributed by atoms with Gasteiger partial charge < -0.3 is 19.4 Å². The molecule has 1 aromatic heterocycles. The lowest BCUT2D eigenvalue weighted by Gasteiger charge is -2.36. The third-order valence-corrected chi connectivity index (χ3v) is 6.01. The predicted molar refractivity (Wildman–Crippen MR) is 123 cm³/mol. The van der Waals surface area contributed by atoms with Gasteiger partial charge >= 0.3 is 0 Å². The highest BCUT2D eigenvalue weighted by Gasteiger charge is 2.25. The molecule has 0 unspecified atom stereocenters. The van der Waals surface area contributed by atoms with Gasteiger partial charge in [0.2, 0.25) is 5.95 Å². The molecule has 1 aromatic carbocycles. The SMILES string of the molecule is Cc1cc(N2CCN(C(=O)c3ccc(C(C)(C)C)cc3)CC2)nc(N2CCOCC2)n1. The maximum atomic E-state index is 13.0. The number of piperazine rings is 1. The zero-order valence-electron chi connectivity index (χ0n) is 19.1. The molecule has 0 atom stereocenters. The van der Waals surface area contributed by atoms with Crippen LogP contribution in [0.5, 0.6) is 0 Å². The van der Waals surface area contributed by atoms with E-state index in [9.17, 15) is 4.79 Å². The van der Waals surface area contributed by atoms with Crippen LogP contribution in [-0.4, -0.2) is 73.3 Å². The largest absolute Gasteiger partial charge is 0.378 e. The fourth-order valence-electron chi connectivity index (χ4n) is 4.04. The average Bonchev–Trinajstić information content (AvgIpc) is 2.78. The van der Waals surface area contributed by atoms with Crippen LogP contribution in [-0.2, 0) is 10.2 Å². The summed E-state index contributed by atoms with van der Waals surface area (Å²) in [4.78, 5) is 28.8. The second-order valence-corrected chi connectivity index (χ2v) is 9.37. The molecule has 2 saturated heterocycles. The van der Waals surface area contributed by atoms with E-state index in [-0.39, 0.29) is 11.3 Å². The molecule has 0 saturated carbocycles. The molecular weight excluding hydrogens is 390 g/mol. The minimum atomic E-state index is 0.0863. The van der Waals surface area contributed by atoms with E-state index in [1.54, 1.807) is 0 Å². The Morgan fingerprint density at radius 3 is 2.16 bits per heavy atom. The number of carbonyl (C=O) groups is 1. The lowest BCUT2D eigenvalue weighted by molar-refractivity contribution is 0.0746. The quantitative estimate of drug-likeness (QED) is 0.757. The van der Waals surface area contributed by atoms with E-state index >= 15 is 0 Å². The summed E-state index contributed by atoms with van der Waals surface area (Å²) < 4.78 is 5.45. The third kappa shape index (κ3) is 4.98. The third-order valence-electron chi connectivity index (χ3n) is 6.01. The topological polar surface area (TPSA) is 61.8 Å². The molecule has 0 spiro atoms. The summed E-state index contributed by atoms with van der Waals surface area (Å²) in [6.07, 6.45) is 0. The van der Waals surface area contributed by atoms with Crippen molar-refractivity contribution in [3.63, 3.8) is 0 Å². The Balaban J connectivity index is 1.40. The van der Waals surface area contributed by atoms with E-state index < -0.39 is 0 Å². The monoisotopic (exact) mass is 423 g/mol. The van der Waals surface area contributed by atoms with Crippen molar-refractivity contribution in [3.8, 4) is 0 Å². The molecule has 2 aromatic rings. The highest BCUT2D eigenvalue weighted by molar-refractivity contribution is 5.94. The second-order valence-electron chi connectivity index (χ2n) is 9.37. The van der Waals surface area contributed by atoms with Gasteiger partial charge in [-0.05, 0) is 30.0 Å². The van der Waals surface area contributed by atoms with Crippen molar-refractivity contribution < 1.29 is 9.53 Å². The Kier molecular flexibility index (Phi) is 6.14. The number of morpholine rings is 1. The average molecular weight is 424 g/mol. The summed E-state index contributed by atoms with van der Waals surface area (Å²) in [6.45, 7) is 14.5. The van der Waals surface area contributed by atoms with E-state index in [2.05, 4.69) is 47.7 Å². The molecule has 7 heteroatoms. The Morgan fingerprint density at radius 2 is 1.55 bits per heavy atom. The molecule has 3 heterocycles. The molecule has 0 aliphatic carbocycles. The van der Waals surface area contributed by atoms with Crippen molar-refractivity contribution >= 4 is 17.7 Å². The molecule has 166 valence electrons. The van der Waals surface area contributed by atoms with Gasteiger partial charge in [0.25, 0.3) is 5.91 Å². The standard InChI is InChI=1S/C24H33N5O2/c1-18-17-21(26-23(25-18)29-13-15-31-16-14-29)27-9-11-28(12-10-27)22(30)19-5-7-20(8-6-19)24(2,3)4/h5-8,17H,9-16H2,1-4H3. The Hall–Kier alpha value is -2.67. The number of hydrogen-bond acceptors (Lipinski definition) is 6.